The van der Waals surface area contributed by atoms with Crippen LogP contribution in [-0.4, -0.2) is 35.0 Å². The molecule has 0 saturated carbocycles. The summed E-state index contributed by atoms with van der Waals surface area (Å²) < 4.78 is 0. The van der Waals surface area contributed by atoms with Crippen molar-refractivity contribution < 1.29 is 4.79 Å². The van der Waals surface area contributed by atoms with Gasteiger partial charge in [0.25, 0.3) is 0 Å². The van der Waals surface area contributed by atoms with Gasteiger partial charge in [-0.25, -0.2) is 0 Å². The summed E-state index contributed by atoms with van der Waals surface area (Å²) in [5.41, 5.74) is 0.239. The Hall–Kier alpha value is -0.570. The molecule has 0 radical (unpaired) electrons. The second-order valence-corrected chi connectivity index (χ2v) is 6.50. The lowest BCUT2D eigenvalue weighted by molar-refractivity contribution is -0.133. The van der Waals surface area contributed by atoms with E-state index in [2.05, 4.69) is 39.9 Å². The first-order valence-corrected chi connectivity index (χ1v) is 7.22. The molecule has 1 fully saturated rings. The first kappa shape index (κ1) is 15.5. The van der Waals surface area contributed by atoms with Crippen molar-refractivity contribution in [3.63, 3.8) is 0 Å². The first-order valence-electron chi connectivity index (χ1n) is 7.22. The van der Waals surface area contributed by atoms with E-state index in [9.17, 15) is 4.79 Å². The predicted molar refractivity (Wildman–Crippen MR) is 76.5 cm³/mol. The Morgan fingerprint density at radius 2 is 1.89 bits per heavy atom. The maximum atomic E-state index is 11.7. The largest absolute Gasteiger partial charge is 0.343 e. The van der Waals surface area contributed by atoms with E-state index in [1.165, 1.54) is 0 Å². The summed E-state index contributed by atoms with van der Waals surface area (Å²) >= 11 is 0. The molecule has 0 aromatic carbocycles. The molecule has 0 aliphatic carbocycles. The average molecular weight is 254 g/mol. The van der Waals surface area contributed by atoms with Gasteiger partial charge in [-0.3, -0.25) is 4.79 Å². The van der Waals surface area contributed by atoms with Crippen molar-refractivity contribution in [1.82, 2.24) is 10.2 Å². The van der Waals surface area contributed by atoms with Gasteiger partial charge in [0, 0.05) is 31.1 Å². The molecule has 1 saturated heterocycles. The highest BCUT2D eigenvalue weighted by molar-refractivity contribution is 5.73. The summed E-state index contributed by atoms with van der Waals surface area (Å²) in [5, 5.41) is 3.84. The number of piperidine rings is 1. The van der Waals surface area contributed by atoms with Crippen molar-refractivity contribution in [2.75, 3.05) is 7.05 Å². The van der Waals surface area contributed by atoms with Crippen molar-refractivity contribution in [3.05, 3.63) is 0 Å². The standard InChI is InChI=1S/C15H30N2O/c1-8-14(5)10-13(17(7)12(4)18)11(3)15(6,9-2)16-14/h11,13,16H,8-10H2,1-7H3. The molecule has 1 heterocycles. The Morgan fingerprint density at radius 3 is 2.28 bits per heavy atom. The molecule has 0 aromatic heterocycles. The van der Waals surface area contributed by atoms with Crippen LogP contribution in [0.3, 0.4) is 0 Å². The van der Waals surface area contributed by atoms with Crippen LogP contribution in [0.15, 0.2) is 0 Å². The van der Waals surface area contributed by atoms with E-state index in [-0.39, 0.29) is 17.0 Å². The summed E-state index contributed by atoms with van der Waals surface area (Å²) in [6.07, 6.45) is 3.22. The molecule has 0 spiro atoms. The first-order chi connectivity index (χ1) is 8.19. The average Bonchev–Trinajstić information content (AvgIpc) is 2.33. The second kappa shape index (κ2) is 5.20. The fourth-order valence-corrected chi connectivity index (χ4v) is 3.27. The molecule has 1 aliphatic heterocycles. The monoisotopic (exact) mass is 254 g/mol. The van der Waals surface area contributed by atoms with Gasteiger partial charge in [-0.1, -0.05) is 20.8 Å². The second-order valence-electron chi connectivity index (χ2n) is 6.50. The number of rotatable bonds is 3. The minimum atomic E-state index is 0.109. The van der Waals surface area contributed by atoms with Gasteiger partial charge in [-0.05, 0) is 39.0 Å². The van der Waals surface area contributed by atoms with E-state index >= 15 is 0 Å². The SMILES string of the molecule is CCC1(C)CC(N(C)C(C)=O)C(C)C(C)(CC)N1. The van der Waals surface area contributed by atoms with Crippen LogP contribution in [0.1, 0.15) is 60.8 Å². The fourth-order valence-electron chi connectivity index (χ4n) is 3.27. The van der Waals surface area contributed by atoms with Gasteiger partial charge in [0.2, 0.25) is 5.91 Å². The van der Waals surface area contributed by atoms with E-state index in [1.54, 1.807) is 6.92 Å². The van der Waals surface area contributed by atoms with Gasteiger partial charge < -0.3 is 10.2 Å². The van der Waals surface area contributed by atoms with Gasteiger partial charge in [0.15, 0.2) is 0 Å². The number of amides is 1. The zero-order valence-electron chi connectivity index (χ0n) is 13.1. The number of nitrogens with one attached hydrogen (secondary N) is 1. The molecule has 1 rings (SSSR count). The van der Waals surface area contributed by atoms with E-state index in [0.717, 1.165) is 19.3 Å². The minimum absolute atomic E-state index is 0.109. The summed E-state index contributed by atoms with van der Waals surface area (Å²) in [7, 11) is 1.95. The van der Waals surface area contributed by atoms with Crippen molar-refractivity contribution in [2.45, 2.75) is 77.9 Å². The lowest BCUT2D eigenvalue weighted by Gasteiger charge is -2.55. The maximum Gasteiger partial charge on any atom is 0.219 e. The van der Waals surface area contributed by atoms with Crippen LogP contribution >= 0.6 is 0 Å². The predicted octanol–water partition coefficient (Wildman–Crippen LogP) is 2.80. The number of nitrogens with zero attached hydrogens (tertiary/aromatic N) is 1. The van der Waals surface area contributed by atoms with Crippen molar-refractivity contribution in [2.24, 2.45) is 5.92 Å². The molecule has 1 amide bonds. The van der Waals surface area contributed by atoms with Crippen molar-refractivity contribution in [1.29, 1.82) is 0 Å². The molecule has 1 aliphatic rings. The van der Waals surface area contributed by atoms with Crippen LogP contribution in [0.2, 0.25) is 0 Å². The fraction of sp³-hybridized carbons (Fsp3) is 0.933. The molecule has 1 N–H and O–H groups in total. The number of hydrogen-bond donors (Lipinski definition) is 1. The molecule has 106 valence electrons. The van der Waals surface area contributed by atoms with Gasteiger partial charge in [-0.15, -0.1) is 0 Å². The zero-order chi connectivity index (χ0) is 14.1. The molecular weight excluding hydrogens is 224 g/mol. The molecule has 3 heteroatoms. The van der Waals surface area contributed by atoms with Gasteiger partial charge in [-0.2, -0.15) is 0 Å². The van der Waals surface area contributed by atoms with Gasteiger partial charge >= 0.3 is 0 Å². The highest BCUT2D eigenvalue weighted by Crippen LogP contribution is 2.39. The molecule has 0 bridgehead atoms. The van der Waals surface area contributed by atoms with Crippen LogP contribution in [-0.2, 0) is 4.79 Å². The Labute approximate surface area is 112 Å². The van der Waals surface area contributed by atoms with Crippen LogP contribution < -0.4 is 5.32 Å². The maximum absolute atomic E-state index is 11.7. The lowest BCUT2D eigenvalue weighted by atomic mass is 9.68. The molecular formula is C15H30N2O. The molecule has 3 nitrogen and oxygen atoms in total. The molecule has 18 heavy (non-hydrogen) atoms. The number of carbonyl (C=O) groups is 1. The van der Waals surface area contributed by atoms with E-state index in [4.69, 9.17) is 0 Å². The third kappa shape index (κ3) is 2.71. The lowest BCUT2D eigenvalue weighted by Crippen LogP contribution is -2.68. The van der Waals surface area contributed by atoms with Crippen LogP contribution in [0.4, 0.5) is 0 Å². The van der Waals surface area contributed by atoms with E-state index < -0.39 is 0 Å². The van der Waals surface area contributed by atoms with Gasteiger partial charge in [0.1, 0.15) is 0 Å². The molecule has 0 aromatic rings. The Bertz CT molecular complexity index is 318. The summed E-state index contributed by atoms with van der Waals surface area (Å²) in [5.74, 6) is 0.640. The summed E-state index contributed by atoms with van der Waals surface area (Å²) in [6.45, 7) is 13.0. The number of hydrogen-bond acceptors (Lipinski definition) is 2. The Balaban J connectivity index is 3.06. The van der Waals surface area contributed by atoms with Crippen LogP contribution in [0, 0.1) is 5.92 Å². The summed E-state index contributed by atoms with van der Waals surface area (Å²) in [4.78, 5) is 13.6. The summed E-state index contributed by atoms with van der Waals surface area (Å²) in [6, 6.07) is 0.332. The highest BCUT2D eigenvalue weighted by Gasteiger charge is 2.47. The van der Waals surface area contributed by atoms with E-state index in [1.807, 2.05) is 11.9 Å². The third-order valence-electron chi connectivity index (χ3n) is 5.34. The van der Waals surface area contributed by atoms with Crippen LogP contribution in [0.5, 0.6) is 0 Å². The van der Waals surface area contributed by atoms with Gasteiger partial charge in [0.05, 0.1) is 0 Å². The Kier molecular flexibility index (Phi) is 4.47. The number of carbonyl (C=O) groups excluding carboxylic acids is 1. The van der Waals surface area contributed by atoms with Crippen LogP contribution in [0.25, 0.3) is 0 Å². The molecule has 4 unspecified atom stereocenters. The smallest absolute Gasteiger partial charge is 0.219 e. The quantitative estimate of drug-likeness (QED) is 0.840. The van der Waals surface area contributed by atoms with Crippen molar-refractivity contribution >= 4 is 5.91 Å². The zero-order valence-corrected chi connectivity index (χ0v) is 13.1. The highest BCUT2D eigenvalue weighted by atomic mass is 16.2. The normalized spacial score (nSPS) is 40.6. The third-order valence-corrected chi connectivity index (χ3v) is 5.34. The minimum Gasteiger partial charge on any atom is -0.343 e. The van der Waals surface area contributed by atoms with E-state index in [0.29, 0.717) is 12.0 Å². The topological polar surface area (TPSA) is 32.3 Å². The Morgan fingerprint density at radius 1 is 1.33 bits per heavy atom. The molecule has 4 atom stereocenters. The van der Waals surface area contributed by atoms with Crippen molar-refractivity contribution in [3.8, 4) is 0 Å².